The van der Waals surface area contributed by atoms with Crippen molar-refractivity contribution in [2.24, 2.45) is 5.92 Å². The monoisotopic (exact) mass is 329 g/mol. The molecule has 1 aliphatic heterocycles. The molecule has 1 aliphatic rings. The van der Waals surface area contributed by atoms with Crippen LogP contribution in [-0.4, -0.2) is 40.0 Å². The highest BCUT2D eigenvalue weighted by molar-refractivity contribution is 5.85. The second-order valence-corrected chi connectivity index (χ2v) is 5.73. The van der Waals surface area contributed by atoms with Crippen LogP contribution in [0.25, 0.3) is 5.69 Å². The topological polar surface area (TPSA) is 93.5 Å². The molecule has 0 atom stereocenters. The Hall–Kier alpha value is -2.67. The largest absolute Gasteiger partial charge is 0.476 e. The summed E-state index contributed by atoms with van der Waals surface area (Å²) in [5.74, 6) is -0.990. The summed E-state index contributed by atoms with van der Waals surface area (Å²) in [4.78, 5) is 23.1. The first-order valence-electron chi connectivity index (χ1n) is 7.87. The van der Waals surface area contributed by atoms with Crippen LogP contribution < -0.4 is 5.32 Å². The molecule has 24 heavy (non-hydrogen) atoms. The third-order valence-corrected chi connectivity index (χ3v) is 4.04. The van der Waals surface area contributed by atoms with Crippen LogP contribution >= 0.6 is 0 Å². The fourth-order valence-corrected chi connectivity index (χ4v) is 2.68. The zero-order chi connectivity index (χ0) is 16.9. The first-order chi connectivity index (χ1) is 11.6. The van der Waals surface area contributed by atoms with Crippen LogP contribution in [0.2, 0.25) is 0 Å². The molecule has 3 rings (SSSR count). The second-order valence-electron chi connectivity index (χ2n) is 5.73. The summed E-state index contributed by atoms with van der Waals surface area (Å²) in [6.45, 7) is 1.70. The van der Waals surface area contributed by atoms with Crippen LogP contribution in [0.15, 0.2) is 36.5 Å². The summed E-state index contributed by atoms with van der Waals surface area (Å²) in [5, 5.41) is 15.9. The van der Waals surface area contributed by atoms with E-state index in [-0.39, 0.29) is 17.5 Å². The van der Waals surface area contributed by atoms with Crippen LogP contribution in [0.5, 0.6) is 0 Å². The summed E-state index contributed by atoms with van der Waals surface area (Å²) in [5.41, 5.74) is 1.67. The van der Waals surface area contributed by atoms with E-state index in [2.05, 4.69) is 10.4 Å². The standard InChI is InChI=1S/C17H19N3O4/c21-16(13-5-8-24-9-6-13)18-11-12-2-1-3-14(10-12)20-7-4-15(19-20)17(22)23/h1-4,7,10,13H,5-6,8-9,11H2,(H,18,21)(H,22,23). The van der Waals surface area contributed by atoms with E-state index in [1.807, 2.05) is 24.3 Å². The average Bonchev–Trinajstić information content (AvgIpc) is 3.11. The quantitative estimate of drug-likeness (QED) is 0.869. The van der Waals surface area contributed by atoms with Gasteiger partial charge in [0, 0.05) is 31.9 Å². The van der Waals surface area contributed by atoms with E-state index < -0.39 is 5.97 Å². The number of nitrogens with zero attached hydrogens (tertiary/aromatic N) is 2. The van der Waals surface area contributed by atoms with Gasteiger partial charge in [-0.15, -0.1) is 0 Å². The lowest BCUT2D eigenvalue weighted by molar-refractivity contribution is -0.128. The van der Waals surface area contributed by atoms with E-state index in [0.717, 1.165) is 24.1 Å². The van der Waals surface area contributed by atoms with Crippen LogP contribution in [0.1, 0.15) is 28.9 Å². The van der Waals surface area contributed by atoms with Crippen molar-refractivity contribution in [3.05, 3.63) is 47.8 Å². The van der Waals surface area contributed by atoms with Crippen LogP contribution in [0, 0.1) is 5.92 Å². The number of nitrogens with one attached hydrogen (secondary N) is 1. The number of rotatable bonds is 5. The van der Waals surface area contributed by atoms with Gasteiger partial charge in [-0.25, -0.2) is 9.48 Å². The SMILES string of the molecule is O=C(O)c1ccn(-c2cccc(CNC(=O)C3CCOCC3)c2)n1. The lowest BCUT2D eigenvalue weighted by atomic mass is 9.99. The van der Waals surface area contributed by atoms with E-state index in [4.69, 9.17) is 9.84 Å². The van der Waals surface area contributed by atoms with E-state index in [9.17, 15) is 9.59 Å². The fourth-order valence-electron chi connectivity index (χ4n) is 2.68. The predicted octanol–water partition coefficient (Wildman–Crippen LogP) is 1.61. The molecule has 0 radical (unpaired) electrons. The first kappa shape index (κ1) is 16.2. The second kappa shape index (κ2) is 7.27. The van der Waals surface area contributed by atoms with Gasteiger partial charge in [0.15, 0.2) is 5.69 Å². The van der Waals surface area contributed by atoms with Gasteiger partial charge in [-0.05, 0) is 36.6 Å². The van der Waals surface area contributed by atoms with Crippen molar-refractivity contribution in [3.63, 3.8) is 0 Å². The minimum Gasteiger partial charge on any atom is -0.476 e. The van der Waals surface area contributed by atoms with Gasteiger partial charge in [0.1, 0.15) is 0 Å². The number of carboxylic acids is 1. The normalized spacial score (nSPS) is 15.2. The van der Waals surface area contributed by atoms with Crippen molar-refractivity contribution in [3.8, 4) is 5.69 Å². The van der Waals surface area contributed by atoms with Gasteiger partial charge in [0.25, 0.3) is 0 Å². The number of carbonyl (C=O) groups excluding carboxylic acids is 1. The van der Waals surface area contributed by atoms with Gasteiger partial charge in [-0.3, -0.25) is 4.79 Å². The maximum atomic E-state index is 12.2. The molecule has 0 unspecified atom stereocenters. The van der Waals surface area contributed by atoms with E-state index >= 15 is 0 Å². The minimum absolute atomic E-state index is 0.00627. The molecule has 0 spiro atoms. The Labute approximate surface area is 139 Å². The Balaban J connectivity index is 1.64. The zero-order valence-corrected chi connectivity index (χ0v) is 13.1. The molecule has 0 bridgehead atoms. The van der Waals surface area contributed by atoms with Crippen molar-refractivity contribution in [2.75, 3.05) is 13.2 Å². The molecule has 0 saturated carbocycles. The molecule has 126 valence electrons. The van der Waals surface area contributed by atoms with E-state index in [1.165, 1.54) is 10.7 Å². The number of carboxylic acid groups (broad SMARTS) is 1. The summed E-state index contributed by atoms with van der Waals surface area (Å²) >= 11 is 0. The smallest absolute Gasteiger partial charge is 0.356 e. The van der Waals surface area contributed by atoms with E-state index in [1.54, 1.807) is 6.20 Å². The van der Waals surface area contributed by atoms with Crippen LogP contribution in [-0.2, 0) is 16.1 Å². The highest BCUT2D eigenvalue weighted by Crippen LogP contribution is 2.15. The third-order valence-electron chi connectivity index (χ3n) is 4.04. The zero-order valence-electron chi connectivity index (χ0n) is 13.1. The molecule has 1 fully saturated rings. The number of ether oxygens (including phenoxy) is 1. The highest BCUT2D eigenvalue weighted by Gasteiger charge is 2.21. The third kappa shape index (κ3) is 3.80. The molecular formula is C17H19N3O4. The van der Waals surface area contributed by atoms with Crippen molar-refractivity contribution in [1.82, 2.24) is 15.1 Å². The minimum atomic E-state index is -1.06. The summed E-state index contributed by atoms with van der Waals surface area (Å²) in [7, 11) is 0. The number of aromatic nitrogens is 2. The van der Waals surface area contributed by atoms with Crippen molar-refractivity contribution in [1.29, 1.82) is 0 Å². The fraction of sp³-hybridized carbons (Fsp3) is 0.353. The Morgan fingerprint density at radius 3 is 2.79 bits per heavy atom. The Morgan fingerprint density at radius 1 is 1.29 bits per heavy atom. The molecule has 1 amide bonds. The lowest BCUT2D eigenvalue weighted by Gasteiger charge is -2.21. The number of carbonyl (C=O) groups is 2. The van der Waals surface area contributed by atoms with E-state index in [0.29, 0.717) is 19.8 Å². The number of aromatic carboxylic acids is 1. The summed E-state index contributed by atoms with van der Waals surface area (Å²) < 4.78 is 6.77. The Kier molecular flexibility index (Phi) is 4.90. The number of hydrogen-bond donors (Lipinski definition) is 2. The molecule has 7 nitrogen and oxygen atoms in total. The van der Waals surface area contributed by atoms with Gasteiger partial charge in [-0.2, -0.15) is 5.10 Å². The molecule has 0 aliphatic carbocycles. The molecule has 1 aromatic heterocycles. The van der Waals surface area contributed by atoms with Gasteiger partial charge in [0.05, 0.1) is 5.69 Å². The van der Waals surface area contributed by atoms with Crippen LogP contribution in [0.4, 0.5) is 0 Å². The molecule has 7 heteroatoms. The number of amides is 1. The average molecular weight is 329 g/mol. The van der Waals surface area contributed by atoms with Gasteiger partial charge >= 0.3 is 5.97 Å². The molecule has 1 aromatic carbocycles. The Morgan fingerprint density at radius 2 is 2.08 bits per heavy atom. The number of hydrogen-bond acceptors (Lipinski definition) is 4. The van der Waals surface area contributed by atoms with Crippen molar-refractivity contribution in [2.45, 2.75) is 19.4 Å². The molecule has 1 saturated heterocycles. The first-order valence-corrected chi connectivity index (χ1v) is 7.87. The molecule has 2 heterocycles. The molecular weight excluding hydrogens is 310 g/mol. The lowest BCUT2D eigenvalue weighted by Crippen LogP contribution is -2.33. The highest BCUT2D eigenvalue weighted by atomic mass is 16.5. The van der Waals surface area contributed by atoms with Crippen LogP contribution in [0.3, 0.4) is 0 Å². The Bertz CT molecular complexity index is 735. The summed E-state index contributed by atoms with van der Waals surface area (Å²) in [6.07, 6.45) is 3.12. The van der Waals surface area contributed by atoms with Crippen molar-refractivity contribution >= 4 is 11.9 Å². The van der Waals surface area contributed by atoms with Gasteiger partial charge in [0.2, 0.25) is 5.91 Å². The maximum Gasteiger partial charge on any atom is 0.356 e. The molecule has 2 N–H and O–H groups in total. The predicted molar refractivity (Wildman–Crippen MR) is 85.9 cm³/mol. The number of benzene rings is 1. The summed E-state index contributed by atoms with van der Waals surface area (Å²) in [6, 6.07) is 8.93. The molecule has 2 aromatic rings. The maximum absolute atomic E-state index is 12.2. The van der Waals surface area contributed by atoms with Gasteiger partial charge in [-0.1, -0.05) is 12.1 Å². The van der Waals surface area contributed by atoms with Crippen molar-refractivity contribution < 1.29 is 19.4 Å². The van der Waals surface area contributed by atoms with Gasteiger partial charge < -0.3 is 15.2 Å².